The molecular weight excluding hydrogens is 726 g/mol. The van der Waals surface area contributed by atoms with Gasteiger partial charge in [0.25, 0.3) is 17.0 Å². The Balaban J connectivity index is 1.23. The maximum absolute atomic E-state index is 14.5. The molecular formula is C37H43F4N9O5. The Bertz CT molecular complexity index is 2300. The molecule has 1 aliphatic heterocycles. The van der Waals surface area contributed by atoms with E-state index in [-0.39, 0.29) is 72.0 Å². The summed E-state index contributed by atoms with van der Waals surface area (Å²) in [5.74, 6) is -2.23. The van der Waals surface area contributed by atoms with Crippen molar-refractivity contribution < 1.29 is 31.9 Å². The summed E-state index contributed by atoms with van der Waals surface area (Å²) in [4.78, 5) is 63.0. The average Bonchev–Trinajstić information content (AvgIpc) is 3.74. The van der Waals surface area contributed by atoms with Crippen molar-refractivity contribution in [3.05, 3.63) is 79.1 Å². The quantitative estimate of drug-likeness (QED) is 0.233. The molecule has 7 rings (SSSR count). The molecule has 1 unspecified atom stereocenters. The van der Waals surface area contributed by atoms with Crippen LogP contribution in [-0.2, 0) is 28.7 Å². The van der Waals surface area contributed by atoms with Crippen molar-refractivity contribution in [2.45, 2.75) is 96.6 Å². The SMILES string of the molecule is CCc1c(N2CCN(C(=O)c3c[nH]n(C4CCC4)c3=O)[C@H](C)C2)c(=O)n2nc(C3=CCC(OC)CC3)nc2n1CC(=O)Nc1cc(F)c(C(F)(F)F)cc1C. The van der Waals surface area contributed by atoms with E-state index in [1.165, 1.54) is 17.8 Å². The van der Waals surface area contributed by atoms with Crippen molar-refractivity contribution in [1.82, 2.24) is 33.8 Å². The third kappa shape index (κ3) is 7.07. The summed E-state index contributed by atoms with van der Waals surface area (Å²) in [6, 6.07) is 0.915. The van der Waals surface area contributed by atoms with Crippen LogP contribution in [0.15, 0.2) is 34.0 Å². The number of halogens is 4. The van der Waals surface area contributed by atoms with Gasteiger partial charge in [-0.05, 0) is 82.1 Å². The van der Waals surface area contributed by atoms with E-state index >= 15 is 0 Å². The van der Waals surface area contributed by atoms with E-state index in [1.807, 2.05) is 24.8 Å². The molecule has 3 aliphatic rings. The van der Waals surface area contributed by atoms with Gasteiger partial charge in [-0.1, -0.05) is 13.0 Å². The molecule has 18 heteroatoms. The molecule has 2 fully saturated rings. The fourth-order valence-electron chi connectivity index (χ4n) is 7.73. The Hall–Kier alpha value is -5.26. The minimum Gasteiger partial charge on any atom is -0.381 e. The number of ether oxygens (including phenoxy) is 1. The molecule has 0 bridgehead atoms. The summed E-state index contributed by atoms with van der Waals surface area (Å²) in [5.41, 5.74) is -0.836. The van der Waals surface area contributed by atoms with Crippen LogP contribution in [-0.4, -0.2) is 84.5 Å². The minimum atomic E-state index is -4.91. The number of carbonyl (C=O) groups is 2. The molecule has 2 atom stereocenters. The van der Waals surface area contributed by atoms with E-state index in [1.54, 1.807) is 16.6 Å². The summed E-state index contributed by atoms with van der Waals surface area (Å²) in [6.45, 7) is 5.20. The zero-order valence-electron chi connectivity index (χ0n) is 31.0. The van der Waals surface area contributed by atoms with E-state index in [2.05, 4.69) is 15.5 Å². The first-order chi connectivity index (χ1) is 26.2. The van der Waals surface area contributed by atoms with E-state index in [9.17, 15) is 36.7 Å². The zero-order chi connectivity index (χ0) is 39.3. The van der Waals surface area contributed by atoms with Crippen LogP contribution in [0.2, 0.25) is 0 Å². The van der Waals surface area contributed by atoms with Gasteiger partial charge in [-0.2, -0.15) is 22.7 Å². The molecule has 294 valence electrons. The van der Waals surface area contributed by atoms with E-state index in [0.29, 0.717) is 36.5 Å². The Morgan fingerprint density at radius 3 is 2.49 bits per heavy atom. The number of aromatic nitrogens is 6. The highest BCUT2D eigenvalue weighted by molar-refractivity contribution is 5.94. The number of H-pyrrole nitrogens is 1. The first-order valence-electron chi connectivity index (χ1n) is 18.5. The van der Waals surface area contributed by atoms with Crippen molar-refractivity contribution in [2.75, 3.05) is 37.0 Å². The topological polar surface area (TPSA) is 152 Å². The molecule has 2 N–H and O–H groups in total. The molecule has 0 radical (unpaired) electrons. The number of methoxy groups -OCH3 is 1. The lowest BCUT2D eigenvalue weighted by molar-refractivity contribution is -0.140. The molecule has 1 saturated carbocycles. The number of rotatable bonds is 9. The van der Waals surface area contributed by atoms with Gasteiger partial charge >= 0.3 is 6.18 Å². The standard InChI is InChI=1S/C37H43F4N9O5/c1-5-29-31(46-13-14-47(21(3)18-46)33(52)25-17-42-49(34(25)53)23-7-6-8-23)35(54)50-36(44-32(45-50)22-9-11-24(55-4)12-10-22)48(29)19-30(51)43-28-16-27(38)26(15-20(28)2)37(39,40)41/h9,15-17,21,23-24,42H,5-8,10-14,18-19H2,1-4H3,(H,43,51)/t21-,24?/m1/s1. The third-order valence-corrected chi connectivity index (χ3v) is 11.0. The third-order valence-electron chi connectivity index (χ3n) is 11.0. The summed E-state index contributed by atoms with van der Waals surface area (Å²) in [6.07, 6.45) is 3.51. The molecule has 4 aromatic rings. The highest BCUT2D eigenvalue weighted by Gasteiger charge is 2.36. The molecule has 4 heterocycles. The monoisotopic (exact) mass is 769 g/mol. The van der Waals surface area contributed by atoms with Crippen molar-refractivity contribution >= 4 is 34.5 Å². The highest BCUT2D eigenvalue weighted by atomic mass is 19.4. The molecule has 2 amide bonds. The fourth-order valence-corrected chi connectivity index (χ4v) is 7.73. The number of aryl methyl sites for hydroxylation is 1. The number of allylic oxidation sites excluding steroid dienone is 1. The van der Waals surface area contributed by atoms with Crippen LogP contribution in [0.4, 0.5) is 28.9 Å². The van der Waals surface area contributed by atoms with Crippen LogP contribution in [0.25, 0.3) is 11.4 Å². The van der Waals surface area contributed by atoms with Gasteiger partial charge < -0.3 is 29.5 Å². The smallest absolute Gasteiger partial charge is 0.381 e. The molecule has 1 saturated heterocycles. The van der Waals surface area contributed by atoms with Gasteiger partial charge in [0.15, 0.2) is 5.82 Å². The van der Waals surface area contributed by atoms with Gasteiger partial charge in [-0.3, -0.25) is 19.2 Å². The van der Waals surface area contributed by atoms with E-state index in [0.717, 1.165) is 35.8 Å². The van der Waals surface area contributed by atoms with Crippen LogP contribution in [0.3, 0.4) is 0 Å². The fraction of sp³-hybridized carbons (Fsp3) is 0.514. The molecule has 1 aromatic carbocycles. The van der Waals surface area contributed by atoms with Gasteiger partial charge in [0, 0.05) is 44.7 Å². The zero-order valence-corrected chi connectivity index (χ0v) is 31.0. The van der Waals surface area contributed by atoms with Crippen LogP contribution in [0, 0.1) is 12.7 Å². The van der Waals surface area contributed by atoms with Crippen LogP contribution in [0.1, 0.15) is 91.4 Å². The van der Waals surface area contributed by atoms with Crippen LogP contribution < -0.4 is 21.3 Å². The Kier molecular flexibility index (Phi) is 10.2. The maximum Gasteiger partial charge on any atom is 0.419 e. The predicted molar refractivity (Wildman–Crippen MR) is 195 cm³/mol. The lowest BCUT2D eigenvalue weighted by Crippen LogP contribution is -2.56. The number of anilines is 2. The normalized spacial score (nSPS) is 19.5. The number of carbonyl (C=O) groups excluding carboxylic acids is 2. The number of piperazine rings is 1. The molecule has 3 aromatic heterocycles. The Morgan fingerprint density at radius 1 is 1.11 bits per heavy atom. The second kappa shape index (κ2) is 14.8. The molecule has 55 heavy (non-hydrogen) atoms. The van der Waals surface area contributed by atoms with Crippen molar-refractivity contribution in [2.24, 2.45) is 0 Å². The van der Waals surface area contributed by atoms with E-state index in [4.69, 9.17) is 9.72 Å². The van der Waals surface area contributed by atoms with Gasteiger partial charge in [0.1, 0.15) is 23.6 Å². The number of nitrogens with zero attached hydrogens (tertiary/aromatic N) is 7. The summed E-state index contributed by atoms with van der Waals surface area (Å²) >= 11 is 0. The first-order valence-corrected chi connectivity index (χ1v) is 18.5. The second-order valence-electron chi connectivity index (χ2n) is 14.5. The lowest BCUT2D eigenvalue weighted by Gasteiger charge is -2.41. The largest absolute Gasteiger partial charge is 0.419 e. The van der Waals surface area contributed by atoms with E-state index < -0.39 is 47.5 Å². The predicted octanol–water partition coefficient (Wildman–Crippen LogP) is 4.71. The first kappa shape index (κ1) is 38.0. The van der Waals surface area contributed by atoms with Crippen molar-refractivity contribution in [3.8, 4) is 0 Å². The summed E-state index contributed by atoms with van der Waals surface area (Å²) in [7, 11) is 1.64. The number of amides is 2. The molecule has 2 aliphatic carbocycles. The summed E-state index contributed by atoms with van der Waals surface area (Å²) in [5, 5.41) is 10.1. The maximum atomic E-state index is 14.5. The van der Waals surface area contributed by atoms with Gasteiger partial charge in [-0.25, -0.2) is 9.07 Å². The highest BCUT2D eigenvalue weighted by Crippen LogP contribution is 2.35. The number of hydrogen-bond donors (Lipinski definition) is 2. The average molecular weight is 770 g/mol. The Morgan fingerprint density at radius 2 is 1.87 bits per heavy atom. The molecule has 0 spiro atoms. The van der Waals surface area contributed by atoms with Gasteiger partial charge in [0.2, 0.25) is 11.7 Å². The van der Waals surface area contributed by atoms with Crippen molar-refractivity contribution in [1.29, 1.82) is 0 Å². The van der Waals surface area contributed by atoms with Gasteiger partial charge in [0.05, 0.1) is 23.4 Å². The van der Waals surface area contributed by atoms with Crippen molar-refractivity contribution in [3.63, 3.8) is 0 Å². The number of fused-ring (bicyclic) bond motifs is 1. The van der Waals surface area contributed by atoms with Crippen LogP contribution in [0.5, 0.6) is 0 Å². The molecule has 14 nitrogen and oxygen atoms in total. The van der Waals surface area contributed by atoms with Crippen LogP contribution >= 0.6 is 0 Å². The van der Waals surface area contributed by atoms with Gasteiger partial charge in [-0.15, -0.1) is 5.10 Å². The number of hydrogen-bond acceptors (Lipinski definition) is 8. The second-order valence-corrected chi connectivity index (χ2v) is 14.5. The summed E-state index contributed by atoms with van der Waals surface area (Å²) < 4.78 is 64.3. The Labute approximate surface area is 312 Å². The number of aromatic amines is 1. The minimum absolute atomic E-state index is 0.00916. The number of alkyl halides is 3. The number of benzene rings is 1. The lowest BCUT2D eigenvalue weighted by atomic mass is 9.93. The number of nitrogens with one attached hydrogen (secondary N) is 2.